The highest BCUT2D eigenvalue weighted by Gasteiger charge is 2.20. The van der Waals surface area contributed by atoms with E-state index in [1.165, 1.54) is 11.8 Å². The Hall–Kier alpha value is -2.86. The molecule has 2 aromatic carbocycles. The Morgan fingerprint density at radius 2 is 1.79 bits per heavy atom. The summed E-state index contributed by atoms with van der Waals surface area (Å²) in [7, 11) is 0. The average Bonchev–Trinajstić information content (AvgIpc) is 2.69. The standard InChI is InChI=1S/C22H27N3O3/c1-16-7-6-10-20(17(16)2)25(18(3)26)15-22(27)23-19-8-4-5-9-21(19)24-11-13-28-14-12-24/h4-10H,11-15H2,1-3H3,(H,23,27). The fraction of sp³-hybridized carbons (Fsp3) is 0.364. The second kappa shape index (κ2) is 8.89. The molecule has 0 radical (unpaired) electrons. The Morgan fingerprint density at radius 3 is 2.50 bits per heavy atom. The second-order valence-corrected chi connectivity index (χ2v) is 6.99. The lowest BCUT2D eigenvalue weighted by Gasteiger charge is -2.30. The normalized spacial score (nSPS) is 13.9. The van der Waals surface area contributed by atoms with Crippen molar-refractivity contribution in [2.24, 2.45) is 0 Å². The fourth-order valence-corrected chi connectivity index (χ4v) is 3.39. The van der Waals surface area contributed by atoms with Gasteiger partial charge in [0.2, 0.25) is 11.8 Å². The molecule has 28 heavy (non-hydrogen) atoms. The molecule has 1 aliphatic rings. The Morgan fingerprint density at radius 1 is 1.07 bits per heavy atom. The summed E-state index contributed by atoms with van der Waals surface area (Å²) in [5, 5.41) is 2.98. The number of para-hydroxylation sites is 2. The third-order valence-electron chi connectivity index (χ3n) is 5.08. The van der Waals surface area contributed by atoms with Crippen LogP contribution in [0.2, 0.25) is 0 Å². The van der Waals surface area contributed by atoms with Crippen molar-refractivity contribution in [1.29, 1.82) is 0 Å². The van der Waals surface area contributed by atoms with Gasteiger partial charge in [-0.2, -0.15) is 0 Å². The first kappa shape index (κ1) is 19.9. The van der Waals surface area contributed by atoms with Gasteiger partial charge < -0.3 is 19.9 Å². The summed E-state index contributed by atoms with van der Waals surface area (Å²) < 4.78 is 5.42. The zero-order chi connectivity index (χ0) is 20.1. The molecule has 2 aromatic rings. The first-order valence-corrected chi connectivity index (χ1v) is 9.53. The second-order valence-electron chi connectivity index (χ2n) is 6.99. The molecule has 6 nitrogen and oxygen atoms in total. The summed E-state index contributed by atoms with van der Waals surface area (Å²) in [5.41, 5.74) is 4.57. The van der Waals surface area contributed by atoms with Gasteiger partial charge in [-0.25, -0.2) is 0 Å². The minimum absolute atomic E-state index is 0.0307. The van der Waals surface area contributed by atoms with E-state index < -0.39 is 0 Å². The van der Waals surface area contributed by atoms with E-state index in [4.69, 9.17) is 4.74 Å². The van der Waals surface area contributed by atoms with Gasteiger partial charge in [-0.1, -0.05) is 24.3 Å². The van der Waals surface area contributed by atoms with Gasteiger partial charge in [-0.05, 0) is 43.2 Å². The van der Waals surface area contributed by atoms with E-state index in [2.05, 4.69) is 10.2 Å². The summed E-state index contributed by atoms with van der Waals surface area (Å²) in [5.74, 6) is -0.387. The van der Waals surface area contributed by atoms with Gasteiger partial charge in [0.1, 0.15) is 6.54 Å². The molecule has 0 spiro atoms. The lowest BCUT2D eigenvalue weighted by atomic mass is 10.1. The number of morpholine rings is 1. The highest BCUT2D eigenvalue weighted by molar-refractivity contribution is 6.03. The van der Waals surface area contributed by atoms with Crippen LogP contribution in [0.15, 0.2) is 42.5 Å². The maximum Gasteiger partial charge on any atom is 0.244 e. The van der Waals surface area contributed by atoms with Crippen LogP contribution in [0, 0.1) is 13.8 Å². The van der Waals surface area contributed by atoms with Gasteiger partial charge in [0.05, 0.1) is 24.6 Å². The van der Waals surface area contributed by atoms with Crippen molar-refractivity contribution in [2.75, 3.05) is 48.0 Å². The van der Waals surface area contributed by atoms with Crippen LogP contribution >= 0.6 is 0 Å². The number of hydrogen-bond acceptors (Lipinski definition) is 4. The average molecular weight is 381 g/mol. The van der Waals surface area contributed by atoms with E-state index in [0.717, 1.165) is 41.3 Å². The quantitative estimate of drug-likeness (QED) is 0.864. The fourth-order valence-electron chi connectivity index (χ4n) is 3.39. The zero-order valence-electron chi connectivity index (χ0n) is 16.7. The van der Waals surface area contributed by atoms with E-state index in [9.17, 15) is 9.59 Å². The first-order chi connectivity index (χ1) is 13.5. The van der Waals surface area contributed by atoms with Crippen LogP contribution in [0.3, 0.4) is 0 Å². The molecule has 1 saturated heterocycles. The van der Waals surface area contributed by atoms with Crippen molar-refractivity contribution in [3.05, 3.63) is 53.6 Å². The van der Waals surface area contributed by atoms with Crippen molar-refractivity contribution in [3.8, 4) is 0 Å². The number of carbonyl (C=O) groups is 2. The van der Waals surface area contributed by atoms with Crippen LogP contribution in [0.1, 0.15) is 18.1 Å². The largest absolute Gasteiger partial charge is 0.378 e. The molecular formula is C22H27N3O3. The molecule has 2 amide bonds. The molecular weight excluding hydrogens is 354 g/mol. The van der Waals surface area contributed by atoms with E-state index in [1.807, 2.05) is 56.3 Å². The molecule has 148 valence electrons. The maximum absolute atomic E-state index is 12.8. The minimum atomic E-state index is -0.225. The van der Waals surface area contributed by atoms with Crippen molar-refractivity contribution in [2.45, 2.75) is 20.8 Å². The summed E-state index contributed by atoms with van der Waals surface area (Å²) in [6, 6.07) is 13.5. The monoisotopic (exact) mass is 381 g/mol. The molecule has 6 heteroatoms. The minimum Gasteiger partial charge on any atom is -0.378 e. The van der Waals surface area contributed by atoms with E-state index in [-0.39, 0.29) is 18.4 Å². The number of nitrogens with one attached hydrogen (secondary N) is 1. The van der Waals surface area contributed by atoms with Crippen LogP contribution in [0.4, 0.5) is 17.1 Å². The van der Waals surface area contributed by atoms with Gasteiger partial charge in [-0.15, -0.1) is 0 Å². The van der Waals surface area contributed by atoms with Gasteiger partial charge in [0.15, 0.2) is 0 Å². The molecule has 1 N–H and O–H groups in total. The van der Waals surface area contributed by atoms with E-state index in [0.29, 0.717) is 13.2 Å². The summed E-state index contributed by atoms with van der Waals surface area (Å²) in [6.45, 7) is 8.33. The van der Waals surface area contributed by atoms with Crippen LogP contribution in [-0.4, -0.2) is 44.7 Å². The van der Waals surface area contributed by atoms with E-state index in [1.54, 1.807) is 0 Å². The highest BCUT2D eigenvalue weighted by Crippen LogP contribution is 2.27. The summed E-state index contributed by atoms with van der Waals surface area (Å²) >= 11 is 0. The highest BCUT2D eigenvalue weighted by atomic mass is 16.5. The predicted octanol–water partition coefficient (Wildman–Crippen LogP) is 3.13. The number of benzene rings is 2. The van der Waals surface area contributed by atoms with Crippen molar-refractivity contribution < 1.29 is 14.3 Å². The number of nitrogens with zero attached hydrogens (tertiary/aromatic N) is 2. The molecule has 0 bridgehead atoms. The van der Waals surface area contributed by atoms with Crippen LogP contribution in [-0.2, 0) is 14.3 Å². The molecule has 0 aliphatic carbocycles. The predicted molar refractivity (Wildman–Crippen MR) is 112 cm³/mol. The number of anilines is 3. The molecule has 0 aromatic heterocycles. The van der Waals surface area contributed by atoms with Gasteiger partial charge >= 0.3 is 0 Å². The molecule has 0 unspecified atom stereocenters. The van der Waals surface area contributed by atoms with Crippen molar-refractivity contribution in [1.82, 2.24) is 0 Å². The third-order valence-corrected chi connectivity index (χ3v) is 5.08. The lowest BCUT2D eigenvalue weighted by molar-refractivity contribution is -0.120. The third kappa shape index (κ3) is 4.51. The molecule has 0 saturated carbocycles. The molecule has 1 aliphatic heterocycles. The molecule has 1 fully saturated rings. The number of hydrogen-bond donors (Lipinski definition) is 1. The Balaban J connectivity index is 1.77. The van der Waals surface area contributed by atoms with Gasteiger partial charge in [-0.3, -0.25) is 9.59 Å². The number of aryl methyl sites for hydroxylation is 1. The Bertz CT molecular complexity index is 860. The SMILES string of the molecule is CC(=O)N(CC(=O)Nc1ccccc1N1CCOCC1)c1cccc(C)c1C. The van der Waals surface area contributed by atoms with Crippen LogP contribution in [0.5, 0.6) is 0 Å². The zero-order valence-corrected chi connectivity index (χ0v) is 16.7. The molecule has 1 heterocycles. The summed E-state index contributed by atoms with van der Waals surface area (Å²) in [4.78, 5) is 28.7. The summed E-state index contributed by atoms with van der Waals surface area (Å²) in [6.07, 6.45) is 0. The Labute approximate surface area is 166 Å². The maximum atomic E-state index is 12.8. The lowest BCUT2D eigenvalue weighted by Crippen LogP contribution is -2.38. The number of carbonyl (C=O) groups excluding carboxylic acids is 2. The smallest absolute Gasteiger partial charge is 0.244 e. The molecule has 3 rings (SSSR count). The van der Waals surface area contributed by atoms with Gasteiger partial charge in [0.25, 0.3) is 0 Å². The van der Waals surface area contributed by atoms with Crippen molar-refractivity contribution >= 4 is 28.9 Å². The Kier molecular flexibility index (Phi) is 6.31. The van der Waals surface area contributed by atoms with Crippen LogP contribution in [0.25, 0.3) is 0 Å². The van der Waals surface area contributed by atoms with Crippen molar-refractivity contribution in [3.63, 3.8) is 0 Å². The number of ether oxygens (including phenoxy) is 1. The first-order valence-electron chi connectivity index (χ1n) is 9.53. The number of amides is 2. The van der Waals surface area contributed by atoms with E-state index >= 15 is 0 Å². The topological polar surface area (TPSA) is 61.9 Å². The number of rotatable bonds is 5. The van der Waals surface area contributed by atoms with Crippen LogP contribution < -0.4 is 15.1 Å². The molecule has 0 atom stereocenters. The van der Waals surface area contributed by atoms with Gasteiger partial charge in [0, 0.05) is 25.7 Å².